The van der Waals surface area contributed by atoms with Crippen LogP contribution >= 0.6 is 11.3 Å². The first-order chi connectivity index (χ1) is 10.0. The highest BCUT2D eigenvalue weighted by Gasteiger charge is 2.16. The summed E-state index contributed by atoms with van der Waals surface area (Å²) in [5, 5.41) is 3.91. The number of hydrogen-bond acceptors (Lipinski definition) is 5. The number of nitrogens with two attached hydrogens (primary N) is 1. The summed E-state index contributed by atoms with van der Waals surface area (Å²) in [6.45, 7) is 5.93. The van der Waals surface area contributed by atoms with E-state index in [1.807, 2.05) is 26.1 Å². The van der Waals surface area contributed by atoms with Crippen molar-refractivity contribution in [2.24, 2.45) is 5.84 Å². The van der Waals surface area contributed by atoms with Gasteiger partial charge in [0.2, 0.25) is 0 Å². The minimum Gasteiger partial charge on any atom is -0.343 e. The smallest absolute Gasteiger partial charge is 0.252 e. The van der Waals surface area contributed by atoms with E-state index in [-0.39, 0.29) is 11.9 Å². The standard InChI is InChI=1S/C15H20N4OS/c1-4-12-8-17-15(21-12)10(3)18-14(20)13-6-5-11(19-16)7-9(13)2/h5-8,10,19H,4,16H2,1-3H3,(H,18,20). The molecule has 0 bridgehead atoms. The molecule has 0 aliphatic heterocycles. The summed E-state index contributed by atoms with van der Waals surface area (Å²) in [6, 6.07) is 5.30. The van der Waals surface area contributed by atoms with E-state index in [0.29, 0.717) is 5.56 Å². The highest BCUT2D eigenvalue weighted by atomic mass is 32.1. The molecule has 1 atom stereocenters. The number of nitrogen functional groups attached to an aromatic ring is 1. The molecule has 0 radical (unpaired) electrons. The van der Waals surface area contributed by atoms with Gasteiger partial charge in [0, 0.05) is 22.3 Å². The van der Waals surface area contributed by atoms with Gasteiger partial charge in [-0.1, -0.05) is 6.92 Å². The summed E-state index contributed by atoms with van der Waals surface area (Å²) in [5.74, 6) is 5.26. The number of aryl methyl sites for hydroxylation is 2. The van der Waals surface area contributed by atoms with Crippen LogP contribution in [0.4, 0.5) is 5.69 Å². The molecule has 4 N–H and O–H groups in total. The fourth-order valence-corrected chi connectivity index (χ4v) is 2.89. The summed E-state index contributed by atoms with van der Waals surface area (Å²) in [6.07, 6.45) is 2.83. The second-order valence-electron chi connectivity index (χ2n) is 4.89. The van der Waals surface area contributed by atoms with Crippen molar-refractivity contribution in [3.8, 4) is 0 Å². The Morgan fingerprint density at radius 3 is 2.81 bits per heavy atom. The average Bonchev–Trinajstić information content (AvgIpc) is 2.95. The molecule has 1 unspecified atom stereocenters. The van der Waals surface area contributed by atoms with Gasteiger partial charge in [0.15, 0.2) is 0 Å². The number of nitrogens with one attached hydrogen (secondary N) is 2. The number of amides is 1. The molecule has 0 saturated carbocycles. The Kier molecular flexibility index (Phi) is 4.93. The van der Waals surface area contributed by atoms with E-state index in [9.17, 15) is 4.79 Å². The van der Waals surface area contributed by atoms with Crippen LogP contribution in [0.15, 0.2) is 24.4 Å². The van der Waals surface area contributed by atoms with E-state index >= 15 is 0 Å². The van der Waals surface area contributed by atoms with E-state index in [1.54, 1.807) is 23.5 Å². The number of aromatic nitrogens is 1. The van der Waals surface area contributed by atoms with Gasteiger partial charge in [-0.3, -0.25) is 10.6 Å². The zero-order chi connectivity index (χ0) is 15.4. The molecule has 1 aromatic heterocycles. The van der Waals surface area contributed by atoms with Crippen LogP contribution in [0.5, 0.6) is 0 Å². The molecule has 6 heteroatoms. The Balaban J connectivity index is 2.10. The molecule has 0 aliphatic rings. The van der Waals surface area contributed by atoms with Crippen molar-refractivity contribution in [2.45, 2.75) is 33.2 Å². The molecule has 1 amide bonds. The molecule has 1 heterocycles. The van der Waals surface area contributed by atoms with Crippen LogP contribution in [-0.4, -0.2) is 10.9 Å². The van der Waals surface area contributed by atoms with Crippen molar-refractivity contribution in [2.75, 3.05) is 5.43 Å². The monoisotopic (exact) mass is 304 g/mol. The Labute approximate surface area is 128 Å². The number of hydrogen-bond donors (Lipinski definition) is 3. The Hall–Kier alpha value is -1.92. The second kappa shape index (κ2) is 6.69. The van der Waals surface area contributed by atoms with Crippen molar-refractivity contribution in [1.82, 2.24) is 10.3 Å². The quantitative estimate of drug-likeness (QED) is 0.586. The van der Waals surface area contributed by atoms with Gasteiger partial charge in [-0.2, -0.15) is 0 Å². The zero-order valence-electron chi connectivity index (χ0n) is 12.4. The highest BCUT2D eigenvalue weighted by molar-refractivity contribution is 7.11. The summed E-state index contributed by atoms with van der Waals surface area (Å²) in [7, 11) is 0. The molecular weight excluding hydrogens is 284 g/mol. The van der Waals surface area contributed by atoms with Gasteiger partial charge in [-0.25, -0.2) is 4.98 Å². The number of rotatable bonds is 5. The van der Waals surface area contributed by atoms with Crippen LogP contribution in [-0.2, 0) is 6.42 Å². The van der Waals surface area contributed by atoms with Gasteiger partial charge in [-0.05, 0) is 44.0 Å². The maximum atomic E-state index is 12.3. The van der Waals surface area contributed by atoms with Gasteiger partial charge < -0.3 is 10.7 Å². The highest BCUT2D eigenvalue weighted by Crippen LogP contribution is 2.21. The fourth-order valence-electron chi connectivity index (χ4n) is 2.03. The molecule has 5 nitrogen and oxygen atoms in total. The van der Waals surface area contributed by atoms with E-state index < -0.39 is 0 Å². The first-order valence-corrected chi connectivity index (χ1v) is 7.69. The number of thiazole rings is 1. The predicted molar refractivity (Wildman–Crippen MR) is 86.4 cm³/mol. The van der Waals surface area contributed by atoms with Gasteiger partial charge in [-0.15, -0.1) is 11.3 Å². The lowest BCUT2D eigenvalue weighted by atomic mass is 10.1. The molecule has 0 spiro atoms. The molecular formula is C15H20N4OS. The summed E-state index contributed by atoms with van der Waals surface area (Å²) < 4.78 is 0. The summed E-state index contributed by atoms with van der Waals surface area (Å²) in [4.78, 5) is 17.9. The van der Waals surface area contributed by atoms with E-state index in [4.69, 9.17) is 5.84 Å². The van der Waals surface area contributed by atoms with Crippen LogP contribution in [0.25, 0.3) is 0 Å². The van der Waals surface area contributed by atoms with Crippen LogP contribution in [0.2, 0.25) is 0 Å². The summed E-state index contributed by atoms with van der Waals surface area (Å²) >= 11 is 1.64. The number of nitrogens with zero attached hydrogens (tertiary/aromatic N) is 1. The lowest BCUT2D eigenvalue weighted by molar-refractivity contribution is 0.0939. The molecule has 112 valence electrons. The molecule has 21 heavy (non-hydrogen) atoms. The third-order valence-electron chi connectivity index (χ3n) is 3.28. The van der Waals surface area contributed by atoms with Gasteiger partial charge in [0.25, 0.3) is 5.91 Å². The predicted octanol–water partition coefficient (Wildman–Crippen LogP) is 2.79. The topological polar surface area (TPSA) is 80.0 Å². The fraction of sp³-hybridized carbons (Fsp3) is 0.333. The first kappa shape index (κ1) is 15.5. The van der Waals surface area contributed by atoms with Crippen LogP contribution in [0, 0.1) is 6.92 Å². The van der Waals surface area contributed by atoms with Gasteiger partial charge in [0.05, 0.1) is 6.04 Å². The Bertz CT molecular complexity index is 638. The van der Waals surface area contributed by atoms with E-state index in [0.717, 1.165) is 22.7 Å². The van der Waals surface area contributed by atoms with Crippen LogP contribution < -0.4 is 16.6 Å². The van der Waals surface area contributed by atoms with Crippen LogP contribution in [0.1, 0.15) is 45.7 Å². The van der Waals surface area contributed by atoms with Crippen molar-refractivity contribution >= 4 is 22.9 Å². The molecule has 0 aliphatic carbocycles. The molecule has 1 aromatic carbocycles. The summed E-state index contributed by atoms with van der Waals surface area (Å²) in [5.41, 5.74) is 4.88. The van der Waals surface area contributed by atoms with Crippen molar-refractivity contribution in [1.29, 1.82) is 0 Å². The molecule has 0 fully saturated rings. The number of anilines is 1. The molecule has 2 aromatic rings. The van der Waals surface area contributed by atoms with E-state index in [2.05, 4.69) is 22.7 Å². The lowest BCUT2D eigenvalue weighted by Gasteiger charge is -2.13. The Morgan fingerprint density at radius 1 is 1.48 bits per heavy atom. The largest absolute Gasteiger partial charge is 0.343 e. The van der Waals surface area contributed by atoms with Crippen molar-refractivity contribution < 1.29 is 4.79 Å². The van der Waals surface area contributed by atoms with Crippen molar-refractivity contribution in [3.05, 3.63) is 45.4 Å². The molecule has 0 saturated heterocycles. The number of hydrazine groups is 1. The number of benzene rings is 1. The number of carbonyl (C=O) groups excluding carboxylic acids is 1. The number of carbonyl (C=O) groups is 1. The normalized spacial score (nSPS) is 12.0. The third kappa shape index (κ3) is 3.59. The SMILES string of the molecule is CCc1cnc(C(C)NC(=O)c2ccc(NN)cc2C)s1. The zero-order valence-corrected chi connectivity index (χ0v) is 13.3. The maximum absolute atomic E-state index is 12.3. The lowest BCUT2D eigenvalue weighted by Crippen LogP contribution is -2.27. The van der Waals surface area contributed by atoms with E-state index in [1.165, 1.54) is 4.88 Å². The third-order valence-corrected chi connectivity index (χ3v) is 4.60. The average molecular weight is 304 g/mol. The Morgan fingerprint density at radius 2 is 2.24 bits per heavy atom. The maximum Gasteiger partial charge on any atom is 0.252 e. The van der Waals surface area contributed by atoms with Crippen molar-refractivity contribution in [3.63, 3.8) is 0 Å². The van der Waals surface area contributed by atoms with Gasteiger partial charge in [0.1, 0.15) is 5.01 Å². The van der Waals surface area contributed by atoms with Gasteiger partial charge >= 0.3 is 0 Å². The molecule has 2 rings (SSSR count). The first-order valence-electron chi connectivity index (χ1n) is 6.87. The van der Waals surface area contributed by atoms with Crippen LogP contribution in [0.3, 0.4) is 0 Å². The minimum absolute atomic E-state index is 0.100. The minimum atomic E-state index is -0.102. The second-order valence-corrected chi connectivity index (χ2v) is 6.03.